The zero-order valence-electron chi connectivity index (χ0n) is 28.6. The highest BCUT2D eigenvalue weighted by Crippen LogP contribution is 2.41. The molecule has 0 radical (unpaired) electrons. The molecule has 8 rings (SSSR count). The summed E-state index contributed by atoms with van der Waals surface area (Å²) in [4.78, 5) is 46.3. The van der Waals surface area contributed by atoms with Crippen molar-refractivity contribution < 1.29 is 50.2 Å². The number of ether oxygens (including phenoxy) is 2. The number of aromatic nitrogens is 4. The topological polar surface area (TPSA) is 138 Å². The monoisotopic (exact) mass is 921 g/mol. The van der Waals surface area contributed by atoms with Crippen LogP contribution in [-0.2, 0) is 24.3 Å². The standard InChI is InChI=1S/C19H19F3N4O3S.C15H11F3IN3O2S/c1-9(17(23)27)6-10-2-3-11-15(14(10)20)29-5-4-25-7-13(24-18(11)25)26-12(16(21)22)8-30-19(26)28;16-11-8(19)2-1-7-12(11)24-4-3-21-5-10(20-14(7)21)22-9(13(17)18)6-25-15(22)23/h2-3,7,9,12,16H,4-6,8H2,1H3,(H2,23,27);1-2,5,9,13H,3-4,6H2/t9-,12+;9-/m10/s1. The van der Waals surface area contributed by atoms with Gasteiger partial charge in [0, 0.05) is 29.8 Å². The maximum Gasteiger partial charge on any atom is 0.287 e. The molecular formula is C34H30F6IN7O5S2. The SMILES string of the molecule is C[C@H](Cc1ccc2c(c1F)OCCn1cc(N3C(=O)SC[C@H]3C(F)F)nc1-2)C(N)=O.O=C1SC[C@@H](C(F)F)N1c1cn2c(n1)-c1ccc(I)c(F)c1OCC2. The number of benzene rings is 2. The van der Waals surface area contributed by atoms with Gasteiger partial charge in [0.25, 0.3) is 23.3 Å². The van der Waals surface area contributed by atoms with E-state index < -0.39 is 58.9 Å². The van der Waals surface area contributed by atoms with Crippen LogP contribution in [0.5, 0.6) is 11.5 Å². The Morgan fingerprint density at radius 3 is 1.78 bits per heavy atom. The van der Waals surface area contributed by atoms with E-state index in [1.54, 1.807) is 40.5 Å². The highest BCUT2D eigenvalue weighted by molar-refractivity contribution is 14.1. The van der Waals surface area contributed by atoms with Crippen LogP contribution in [0.25, 0.3) is 22.8 Å². The Morgan fingerprint density at radius 1 is 0.836 bits per heavy atom. The van der Waals surface area contributed by atoms with Gasteiger partial charge in [-0.2, -0.15) is 0 Å². The van der Waals surface area contributed by atoms with Crippen molar-refractivity contribution in [1.29, 1.82) is 0 Å². The molecule has 0 saturated carbocycles. The molecule has 2 aromatic heterocycles. The van der Waals surface area contributed by atoms with Gasteiger partial charge in [0.15, 0.2) is 34.8 Å². The maximum atomic E-state index is 15.1. The number of amides is 3. The number of primary amides is 1. The number of halogens is 7. The van der Waals surface area contributed by atoms with Crippen LogP contribution < -0.4 is 25.0 Å². The highest BCUT2D eigenvalue weighted by Gasteiger charge is 2.42. The predicted molar refractivity (Wildman–Crippen MR) is 201 cm³/mol. The van der Waals surface area contributed by atoms with Gasteiger partial charge >= 0.3 is 0 Å². The molecule has 0 unspecified atom stereocenters. The average molecular weight is 922 g/mol. The van der Waals surface area contributed by atoms with Crippen LogP contribution in [-0.4, -0.2) is 85.1 Å². The molecule has 4 aromatic rings. The smallest absolute Gasteiger partial charge is 0.287 e. The Labute approximate surface area is 331 Å². The number of carbonyl (C=O) groups is 3. The van der Waals surface area contributed by atoms with Crippen LogP contribution in [0.3, 0.4) is 0 Å². The van der Waals surface area contributed by atoms with Crippen molar-refractivity contribution in [2.75, 3.05) is 34.5 Å². The Balaban J connectivity index is 0.000000172. The predicted octanol–water partition coefficient (Wildman–Crippen LogP) is 7.05. The van der Waals surface area contributed by atoms with E-state index in [0.29, 0.717) is 39.4 Å². The quantitative estimate of drug-likeness (QED) is 0.153. The fourth-order valence-corrected chi connectivity index (χ4v) is 8.80. The van der Waals surface area contributed by atoms with Gasteiger partial charge in [-0.1, -0.05) is 36.5 Å². The number of hydrogen-bond acceptors (Lipinski definition) is 9. The van der Waals surface area contributed by atoms with Crippen LogP contribution in [0.4, 0.5) is 47.6 Å². The number of nitrogens with two attached hydrogens (primary N) is 1. The molecule has 292 valence electrons. The molecule has 2 saturated heterocycles. The second kappa shape index (κ2) is 15.8. The van der Waals surface area contributed by atoms with E-state index in [9.17, 15) is 36.3 Å². The Kier molecular flexibility index (Phi) is 11.2. The molecule has 55 heavy (non-hydrogen) atoms. The van der Waals surface area contributed by atoms with E-state index in [-0.39, 0.29) is 59.8 Å². The number of imidazole rings is 2. The molecule has 12 nitrogen and oxygen atoms in total. The molecule has 3 amide bonds. The maximum absolute atomic E-state index is 15.1. The molecule has 0 bridgehead atoms. The number of anilines is 2. The molecule has 0 spiro atoms. The summed E-state index contributed by atoms with van der Waals surface area (Å²) in [6, 6.07) is 3.95. The summed E-state index contributed by atoms with van der Waals surface area (Å²) < 4.78 is 97.5. The molecule has 6 heterocycles. The lowest BCUT2D eigenvalue weighted by Gasteiger charge is -2.20. The van der Waals surface area contributed by atoms with E-state index >= 15 is 4.39 Å². The third kappa shape index (κ3) is 7.45. The number of hydrogen-bond donors (Lipinski definition) is 1. The van der Waals surface area contributed by atoms with Gasteiger partial charge in [-0.15, -0.1) is 0 Å². The summed E-state index contributed by atoms with van der Waals surface area (Å²) in [5, 5.41) is -0.948. The zero-order chi connectivity index (χ0) is 39.3. The molecule has 2 fully saturated rings. The summed E-state index contributed by atoms with van der Waals surface area (Å²) in [5.41, 5.74) is 6.34. The van der Waals surface area contributed by atoms with E-state index in [1.165, 1.54) is 12.3 Å². The van der Waals surface area contributed by atoms with Gasteiger partial charge in [0.05, 0.1) is 27.8 Å². The van der Waals surface area contributed by atoms with E-state index in [2.05, 4.69) is 9.97 Å². The molecule has 2 aromatic carbocycles. The summed E-state index contributed by atoms with van der Waals surface area (Å²) in [5.74, 6) is -1.13. The van der Waals surface area contributed by atoms with Crippen molar-refractivity contribution in [1.82, 2.24) is 19.1 Å². The van der Waals surface area contributed by atoms with Crippen molar-refractivity contribution in [3.8, 4) is 34.3 Å². The number of rotatable bonds is 7. The normalized spacial score (nSPS) is 19.5. The van der Waals surface area contributed by atoms with Gasteiger partial charge in [0.2, 0.25) is 5.91 Å². The van der Waals surface area contributed by atoms with Crippen molar-refractivity contribution in [3.63, 3.8) is 0 Å². The van der Waals surface area contributed by atoms with Crippen LogP contribution in [0, 0.1) is 21.1 Å². The first kappa shape index (κ1) is 39.1. The van der Waals surface area contributed by atoms with Gasteiger partial charge in [-0.25, -0.2) is 36.3 Å². The zero-order valence-corrected chi connectivity index (χ0v) is 32.4. The van der Waals surface area contributed by atoms with E-state index in [0.717, 1.165) is 33.3 Å². The first-order chi connectivity index (χ1) is 26.2. The largest absolute Gasteiger partial charge is 0.488 e. The molecule has 4 aliphatic heterocycles. The highest BCUT2D eigenvalue weighted by atomic mass is 127. The minimum Gasteiger partial charge on any atom is -0.488 e. The summed E-state index contributed by atoms with van der Waals surface area (Å²) >= 11 is 3.54. The van der Waals surface area contributed by atoms with Gasteiger partial charge < -0.3 is 24.3 Å². The number of fused-ring (bicyclic) bond motifs is 6. The van der Waals surface area contributed by atoms with Crippen LogP contribution in [0.15, 0.2) is 36.7 Å². The fraction of sp³-hybridized carbons (Fsp3) is 0.382. The Bertz CT molecular complexity index is 2170. The molecule has 21 heteroatoms. The number of carbonyl (C=O) groups excluding carboxylic acids is 3. The second-order valence-electron chi connectivity index (χ2n) is 12.8. The molecule has 0 aliphatic carbocycles. The fourth-order valence-electron chi connectivity index (χ4n) is 6.42. The van der Waals surface area contributed by atoms with Crippen LogP contribution >= 0.6 is 46.1 Å². The van der Waals surface area contributed by atoms with E-state index in [4.69, 9.17) is 15.2 Å². The van der Waals surface area contributed by atoms with Crippen molar-refractivity contribution >= 4 is 74.1 Å². The lowest BCUT2D eigenvalue weighted by molar-refractivity contribution is -0.121. The molecule has 2 N–H and O–H groups in total. The average Bonchev–Trinajstić information content (AvgIpc) is 3.90. The first-order valence-corrected chi connectivity index (χ1v) is 19.8. The third-order valence-corrected chi connectivity index (χ3v) is 12.0. The van der Waals surface area contributed by atoms with Crippen LogP contribution in [0.2, 0.25) is 0 Å². The number of alkyl halides is 4. The summed E-state index contributed by atoms with van der Waals surface area (Å²) in [7, 11) is 0. The van der Waals surface area contributed by atoms with E-state index in [1.807, 2.05) is 22.6 Å². The third-order valence-electron chi connectivity index (χ3n) is 9.29. The summed E-state index contributed by atoms with van der Waals surface area (Å²) in [6.45, 7) is 2.63. The van der Waals surface area contributed by atoms with Crippen molar-refractivity contribution in [2.45, 2.75) is 51.4 Å². The molecule has 3 atom stereocenters. The Hall–Kier alpha value is -4.12. The first-order valence-electron chi connectivity index (χ1n) is 16.7. The van der Waals surface area contributed by atoms with Gasteiger partial charge in [0.1, 0.15) is 36.9 Å². The van der Waals surface area contributed by atoms with Gasteiger partial charge in [-0.3, -0.25) is 24.2 Å². The minimum atomic E-state index is -2.70. The number of nitrogens with zero attached hydrogens (tertiary/aromatic N) is 6. The lowest BCUT2D eigenvalue weighted by atomic mass is 9.98. The number of thioether (sulfide) groups is 2. The summed E-state index contributed by atoms with van der Waals surface area (Å²) in [6.07, 6.45) is -2.19. The lowest BCUT2D eigenvalue weighted by Crippen LogP contribution is -2.38. The van der Waals surface area contributed by atoms with Crippen molar-refractivity contribution in [2.24, 2.45) is 11.7 Å². The Morgan fingerprint density at radius 2 is 1.31 bits per heavy atom. The van der Waals surface area contributed by atoms with Crippen molar-refractivity contribution in [3.05, 3.63) is 57.4 Å². The second-order valence-corrected chi connectivity index (χ2v) is 15.9. The van der Waals surface area contributed by atoms with Crippen LogP contribution in [0.1, 0.15) is 12.5 Å². The molecule has 4 aliphatic rings. The van der Waals surface area contributed by atoms with Gasteiger partial charge in [-0.05, 0) is 52.8 Å². The minimum absolute atomic E-state index is 0.0191. The molecular weight excluding hydrogens is 891 g/mol.